The number of halogens is 2. The molecule has 0 saturated carbocycles. The lowest BCUT2D eigenvalue weighted by molar-refractivity contribution is -0.121. The maximum Gasteiger partial charge on any atom is 0.247 e. The molecule has 0 aliphatic carbocycles. The van der Waals surface area contributed by atoms with Crippen molar-refractivity contribution in [3.63, 3.8) is 0 Å². The van der Waals surface area contributed by atoms with Crippen LogP contribution in [0.2, 0.25) is 0 Å². The van der Waals surface area contributed by atoms with Gasteiger partial charge in [-0.2, -0.15) is 0 Å². The molecule has 1 aliphatic rings. The van der Waals surface area contributed by atoms with Gasteiger partial charge in [0.1, 0.15) is 5.25 Å². The van der Waals surface area contributed by atoms with Gasteiger partial charge in [-0.05, 0) is 24.3 Å². The molecule has 2 heterocycles. The van der Waals surface area contributed by atoms with Crippen LogP contribution in [0, 0.1) is 11.6 Å². The average Bonchev–Trinajstić information content (AvgIpc) is 3.11. The Morgan fingerprint density at radius 2 is 1.92 bits per heavy atom. The smallest absolute Gasteiger partial charge is 0.247 e. The molecule has 3 aromatic rings. The molecule has 126 valence electrons. The van der Waals surface area contributed by atoms with Crippen molar-refractivity contribution in [3.8, 4) is 0 Å². The normalized spacial score (nSPS) is 17.7. The molecule has 0 unspecified atom stereocenters. The van der Waals surface area contributed by atoms with E-state index in [0.29, 0.717) is 4.34 Å². The molecule has 2 amide bonds. The Balaban J connectivity index is 1.59. The first kappa shape index (κ1) is 16.2. The highest BCUT2D eigenvalue weighted by Gasteiger charge is 2.40. The van der Waals surface area contributed by atoms with Crippen LogP contribution in [0.25, 0.3) is 10.2 Å². The average molecular weight is 376 g/mol. The number of thiazole rings is 1. The molecule has 1 aromatic heterocycles. The third-order valence-electron chi connectivity index (χ3n) is 3.78. The summed E-state index contributed by atoms with van der Waals surface area (Å²) in [4.78, 5) is 30.1. The Bertz CT molecular complexity index is 972. The van der Waals surface area contributed by atoms with Gasteiger partial charge in [-0.3, -0.25) is 9.59 Å². The van der Waals surface area contributed by atoms with Gasteiger partial charge in [-0.1, -0.05) is 23.9 Å². The highest BCUT2D eigenvalue weighted by molar-refractivity contribution is 8.02. The number of nitrogens with zero attached hydrogens (tertiary/aromatic N) is 2. The minimum Gasteiger partial charge on any atom is -0.274 e. The Kier molecular flexibility index (Phi) is 4.01. The molecule has 0 spiro atoms. The monoisotopic (exact) mass is 376 g/mol. The number of benzene rings is 2. The number of rotatable bonds is 3. The van der Waals surface area contributed by atoms with Crippen LogP contribution in [-0.2, 0) is 9.59 Å². The van der Waals surface area contributed by atoms with Gasteiger partial charge in [0.05, 0.1) is 15.9 Å². The first-order valence-electron chi connectivity index (χ1n) is 7.37. The molecule has 0 radical (unpaired) electrons. The SMILES string of the molecule is O=C1C[C@H](Sc2nc3ccccc3s2)C(=O)N1c1ccc(F)c(F)c1. The van der Waals surface area contributed by atoms with Gasteiger partial charge in [0.2, 0.25) is 11.8 Å². The molecular formula is C17H10F2N2O2S2. The second-order valence-electron chi connectivity index (χ2n) is 5.42. The van der Waals surface area contributed by atoms with E-state index in [1.807, 2.05) is 24.3 Å². The van der Waals surface area contributed by atoms with Crippen molar-refractivity contribution in [1.29, 1.82) is 0 Å². The maximum absolute atomic E-state index is 13.4. The summed E-state index contributed by atoms with van der Waals surface area (Å²) in [6.45, 7) is 0. The zero-order valence-corrected chi connectivity index (χ0v) is 14.2. The molecular weight excluding hydrogens is 366 g/mol. The second-order valence-corrected chi connectivity index (χ2v) is 7.90. The Morgan fingerprint density at radius 3 is 2.68 bits per heavy atom. The van der Waals surface area contributed by atoms with Crippen LogP contribution in [-0.4, -0.2) is 22.0 Å². The summed E-state index contributed by atoms with van der Waals surface area (Å²) in [5.74, 6) is -3.00. The van der Waals surface area contributed by atoms with E-state index in [1.165, 1.54) is 29.2 Å². The van der Waals surface area contributed by atoms with Crippen molar-refractivity contribution in [1.82, 2.24) is 4.98 Å². The van der Waals surface area contributed by atoms with Crippen LogP contribution in [0.3, 0.4) is 0 Å². The maximum atomic E-state index is 13.4. The fourth-order valence-corrected chi connectivity index (χ4v) is 4.95. The predicted octanol–water partition coefficient (Wildman–Crippen LogP) is 4.00. The molecule has 2 aromatic carbocycles. The predicted molar refractivity (Wildman–Crippen MR) is 92.7 cm³/mol. The molecule has 0 N–H and O–H groups in total. The molecule has 4 rings (SSSR count). The minimum atomic E-state index is -1.10. The number of anilines is 1. The van der Waals surface area contributed by atoms with E-state index in [1.54, 1.807) is 0 Å². The van der Waals surface area contributed by atoms with Gasteiger partial charge < -0.3 is 0 Å². The zero-order valence-electron chi connectivity index (χ0n) is 12.6. The Morgan fingerprint density at radius 1 is 1.12 bits per heavy atom. The van der Waals surface area contributed by atoms with E-state index in [0.717, 1.165) is 27.2 Å². The summed E-state index contributed by atoms with van der Waals surface area (Å²) < 4.78 is 28.2. The summed E-state index contributed by atoms with van der Waals surface area (Å²) in [6.07, 6.45) is -0.00157. The quantitative estimate of drug-likeness (QED) is 0.649. The molecule has 25 heavy (non-hydrogen) atoms. The van der Waals surface area contributed by atoms with Crippen molar-refractivity contribution < 1.29 is 18.4 Å². The van der Waals surface area contributed by atoms with E-state index < -0.39 is 28.7 Å². The molecule has 1 fully saturated rings. The topological polar surface area (TPSA) is 50.3 Å². The van der Waals surface area contributed by atoms with E-state index >= 15 is 0 Å². The molecule has 0 bridgehead atoms. The summed E-state index contributed by atoms with van der Waals surface area (Å²) in [6, 6.07) is 10.6. The lowest BCUT2D eigenvalue weighted by atomic mass is 10.3. The number of carbonyl (C=O) groups is 2. The lowest BCUT2D eigenvalue weighted by Crippen LogP contribution is -2.31. The van der Waals surface area contributed by atoms with Gasteiger partial charge in [-0.15, -0.1) is 11.3 Å². The number of thioether (sulfide) groups is 1. The van der Waals surface area contributed by atoms with Crippen molar-refractivity contribution in [2.24, 2.45) is 0 Å². The Labute approximate surface area is 149 Å². The van der Waals surface area contributed by atoms with Crippen molar-refractivity contribution in [2.45, 2.75) is 16.0 Å². The lowest BCUT2D eigenvalue weighted by Gasteiger charge is -2.14. The van der Waals surface area contributed by atoms with Crippen LogP contribution in [0.15, 0.2) is 46.8 Å². The van der Waals surface area contributed by atoms with Gasteiger partial charge >= 0.3 is 0 Å². The van der Waals surface area contributed by atoms with Crippen LogP contribution >= 0.6 is 23.1 Å². The standard InChI is InChI=1S/C17H10F2N2O2S2/c18-10-6-5-9(7-11(10)19)21-15(22)8-14(16(21)23)25-17-20-12-3-1-2-4-13(12)24-17/h1-7,14H,8H2/t14-/m0/s1. The van der Waals surface area contributed by atoms with E-state index in [4.69, 9.17) is 0 Å². The summed E-state index contributed by atoms with van der Waals surface area (Å²) in [7, 11) is 0. The molecule has 8 heteroatoms. The van der Waals surface area contributed by atoms with Crippen molar-refractivity contribution in [2.75, 3.05) is 4.90 Å². The largest absolute Gasteiger partial charge is 0.274 e. The first-order valence-corrected chi connectivity index (χ1v) is 9.06. The summed E-state index contributed by atoms with van der Waals surface area (Å²) in [5, 5.41) is -0.624. The number of amides is 2. The van der Waals surface area contributed by atoms with Gasteiger partial charge in [0, 0.05) is 12.5 Å². The Hall–Kier alpha value is -2.32. The number of fused-ring (bicyclic) bond motifs is 1. The number of imide groups is 1. The molecule has 4 nitrogen and oxygen atoms in total. The molecule has 1 aliphatic heterocycles. The fraction of sp³-hybridized carbons (Fsp3) is 0.118. The number of aromatic nitrogens is 1. The zero-order chi connectivity index (χ0) is 17.6. The van der Waals surface area contributed by atoms with Crippen LogP contribution < -0.4 is 4.90 Å². The summed E-state index contributed by atoms with van der Waals surface area (Å²) in [5.41, 5.74) is 0.880. The van der Waals surface area contributed by atoms with Crippen LogP contribution in [0.5, 0.6) is 0 Å². The highest BCUT2D eigenvalue weighted by atomic mass is 32.2. The van der Waals surface area contributed by atoms with Gasteiger partial charge in [0.15, 0.2) is 16.0 Å². The second kappa shape index (κ2) is 6.20. The molecule has 1 saturated heterocycles. The minimum absolute atomic E-state index is 0.00157. The van der Waals surface area contributed by atoms with Crippen LogP contribution in [0.1, 0.15) is 6.42 Å². The first-order chi connectivity index (χ1) is 12.0. The summed E-state index contributed by atoms with van der Waals surface area (Å²) >= 11 is 2.67. The third kappa shape index (κ3) is 2.91. The van der Waals surface area contributed by atoms with Crippen LogP contribution in [0.4, 0.5) is 14.5 Å². The van der Waals surface area contributed by atoms with Crippen molar-refractivity contribution in [3.05, 3.63) is 54.1 Å². The van der Waals surface area contributed by atoms with E-state index in [-0.39, 0.29) is 12.1 Å². The fourth-order valence-electron chi connectivity index (χ4n) is 2.61. The number of hydrogen-bond donors (Lipinski definition) is 0. The van der Waals surface area contributed by atoms with E-state index in [2.05, 4.69) is 4.98 Å². The molecule has 1 atom stereocenters. The van der Waals surface area contributed by atoms with Crippen molar-refractivity contribution >= 4 is 50.8 Å². The number of carbonyl (C=O) groups excluding carboxylic acids is 2. The highest BCUT2D eigenvalue weighted by Crippen LogP contribution is 2.37. The number of para-hydroxylation sites is 1. The van der Waals surface area contributed by atoms with E-state index in [9.17, 15) is 18.4 Å². The number of hydrogen-bond acceptors (Lipinski definition) is 5. The van der Waals surface area contributed by atoms with Gasteiger partial charge in [0.25, 0.3) is 0 Å². The third-order valence-corrected chi connectivity index (χ3v) is 6.10. The van der Waals surface area contributed by atoms with Gasteiger partial charge in [-0.25, -0.2) is 18.7 Å².